The maximum Gasteiger partial charge on any atom is 0.330 e. The van der Waals surface area contributed by atoms with E-state index in [1.54, 1.807) is 11.8 Å². The van der Waals surface area contributed by atoms with Gasteiger partial charge in [0.2, 0.25) is 11.8 Å². The summed E-state index contributed by atoms with van der Waals surface area (Å²) in [7, 11) is 0. The van der Waals surface area contributed by atoms with Crippen molar-refractivity contribution >= 4 is 29.6 Å². The highest BCUT2D eigenvalue weighted by molar-refractivity contribution is 8.00. The van der Waals surface area contributed by atoms with Crippen LogP contribution in [0.2, 0.25) is 0 Å². The first kappa shape index (κ1) is 16.3. The molecule has 118 valence electrons. The Balaban J connectivity index is 2.14. The molecule has 1 unspecified atom stereocenters. The van der Waals surface area contributed by atoms with Crippen LogP contribution in [0.5, 0.6) is 0 Å². The molecule has 1 saturated carbocycles. The molecule has 0 aromatic heterocycles. The lowest BCUT2D eigenvalue weighted by Crippen LogP contribution is -2.60. The molecule has 0 aromatic rings. The van der Waals surface area contributed by atoms with Gasteiger partial charge in [-0.2, -0.15) is 11.8 Å². The van der Waals surface area contributed by atoms with Crippen LogP contribution < -0.4 is 5.32 Å². The summed E-state index contributed by atoms with van der Waals surface area (Å²) in [5.41, 5.74) is 0. The molecule has 2 rings (SSSR count). The quantitative estimate of drug-likeness (QED) is 0.792. The summed E-state index contributed by atoms with van der Waals surface area (Å²) in [6.07, 6.45) is 8.85. The Labute approximate surface area is 130 Å². The first-order valence-corrected chi connectivity index (χ1v) is 8.97. The Morgan fingerprint density at radius 3 is 2.48 bits per heavy atom. The molecular weight excluding hydrogens is 288 g/mol. The number of urea groups is 1. The molecule has 1 saturated heterocycles. The second-order valence-electron chi connectivity index (χ2n) is 6.01. The Morgan fingerprint density at radius 1 is 1.24 bits per heavy atom. The summed E-state index contributed by atoms with van der Waals surface area (Å²) < 4.78 is -0.0393. The molecule has 0 bridgehead atoms. The molecule has 0 radical (unpaired) electrons. The van der Waals surface area contributed by atoms with E-state index in [0.29, 0.717) is 13.0 Å². The van der Waals surface area contributed by atoms with Crippen LogP contribution in [-0.2, 0) is 9.59 Å². The largest absolute Gasteiger partial charge is 0.330 e. The number of nitrogens with zero attached hydrogens (tertiary/aromatic N) is 1. The minimum atomic E-state index is -0.699. The summed E-state index contributed by atoms with van der Waals surface area (Å²) in [4.78, 5) is 37.7. The molecule has 0 aromatic carbocycles. The fourth-order valence-corrected chi connectivity index (χ4v) is 4.22. The van der Waals surface area contributed by atoms with Gasteiger partial charge in [0.25, 0.3) is 0 Å². The van der Waals surface area contributed by atoms with Gasteiger partial charge in [0.05, 0.1) is 0 Å². The molecule has 2 fully saturated rings. The second kappa shape index (κ2) is 6.81. The van der Waals surface area contributed by atoms with Gasteiger partial charge in [-0.05, 0) is 25.5 Å². The number of carbonyl (C=O) groups is 3. The molecule has 1 aliphatic heterocycles. The van der Waals surface area contributed by atoms with E-state index in [0.717, 1.165) is 32.1 Å². The predicted octanol–water partition coefficient (Wildman–Crippen LogP) is 2.55. The summed E-state index contributed by atoms with van der Waals surface area (Å²) in [6, 6.07) is -0.545. The number of rotatable bonds is 5. The van der Waals surface area contributed by atoms with Gasteiger partial charge in [0.15, 0.2) is 0 Å². The third-order valence-electron chi connectivity index (χ3n) is 4.58. The smallest absolute Gasteiger partial charge is 0.277 e. The van der Waals surface area contributed by atoms with Crippen molar-refractivity contribution < 1.29 is 14.4 Å². The monoisotopic (exact) mass is 312 g/mol. The van der Waals surface area contributed by atoms with Crippen molar-refractivity contribution in [2.45, 2.75) is 56.6 Å². The number of thioether (sulfide) groups is 1. The van der Waals surface area contributed by atoms with Crippen LogP contribution in [0.4, 0.5) is 4.79 Å². The number of amides is 4. The number of nitrogens with one attached hydrogen (secondary N) is 1. The van der Waals surface area contributed by atoms with Gasteiger partial charge in [-0.25, -0.2) is 4.79 Å². The fourth-order valence-electron chi connectivity index (χ4n) is 3.26. The van der Waals surface area contributed by atoms with Crippen molar-refractivity contribution in [1.82, 2.24) is 10.2 Å². The van der Waals surface area contributed by atoms with E-state index in [9.17, 15) is 14.4 Å². The lowest BCUT2D eigenvalue weighted by molar-refractivity contribution is -0.143. The Hall–Kier alpha value is -1.04. The van der Waals surface area contributed by atoms with E-state index < -0.39 is 17.9 Å². The molecule has 0 spiro atoms. The summed E-state index contributed by atoms with van der Waals surface area (Å²) in [6.45, 7) is 2.36. The van der Waals surface area contributed by atoms with Crippen LogP contribution >= 0.6 is 11.8 Å². The van der Waals surface area contributed by atoms with E-state index in [2.05, 4.69) is 5.32 Å². The van der Waals surface area contributed by atoms with Gasteiger partial charge in [-0.15, -0.1) is 0 Å². The lowest BCUT2D eigenvalue weighted by Gasteiger charge is -2.41. The highest BCUT2D eigenvalue weighted by Gasteiger charge is 2.44. The highest BCUT2D eigenvalue weighted by Crippen LogP contribution is 2.39. The van der Waals surface area contributed by atoms with Crippen molar-refractivity contribution in [2.75, 3.05) is 12.8 Å². The highest BCUT2D eigenvalue weighted by atomic mass is 32.2. The number of imide groups is 2. The van der Waals surface area contributed by atoms with E-state index in [1.807, 2.05) is 13.2 Å². The zero-order valence-corrected chi connectivity index (χ0v) is 13.6. The molecule has 1 N–H and O–H groups in total. The van der Waals surface area contributed by atoms with Crippen LogP contribution in [0, 0.1) is 5.92 Å². The zero-order chi connectivity index (χ0) is 15.5. The SMILES string of the molecule is CCCC1C(=O)NC(=O)N(CC2(SC)CCCCC2)C1=O. The van der Waals surface area contributed by atoms with Crippen LogP contribution in [0.15, 0.2) is 0 Å². The van der Waals surface area contributed by atoms with Crippen molar-refractivity contribution in [3.8, 4) is 0 Å². The summed E-state index contributed by atoms with van der Waals surface area (Å²) >= 11 is 1.75. The van der Waals surface area contributed by atoms with Gasteiger partial charge < -0.3 is 0 Å². The Morgan fingerprint density at radius 2 is 1.90 bits per heavy atom. The van der Waals surface area contributed by atoms with Crippen molar-refractivity contribution in [2.24, 2.45) is 5.92 Å². The maximum absolute atomic E-state index is 12.5. The number of hydrogen-bond donors (Lipinski definition) is 1. The molecule has 1 atom stereocenters. The average molecular weight is 312 g/mol. The lowest BCUT2D eigenvalue weighted by atomic mass is 9.87. The first-order chi connectivity index (χ1) is 10.0. The predicted molar refractivity (Wildman–Crippen MR) is 83.0 cm³/mol. The molecule has 1 heterocycles. The van der Waals surface area contributed by atoms with Gasteiger partial charge in [0.1, 0.15) is 5.92 Å². The zero-order valence-electron chi connectivity index (χ0n) is 12.8. The number of hydrogen-bond acceptors (Lipinski definition) is 4. The third kappa shape index (κ3) is 3.42. The van der Waals surface area contributed by atoms with Crippen molar-refractivity contribution in [3.63, 3.8) is 0 Å². The first-order valence-electron chi connectivity index (χ1n) is 7.74. The van der Waals surface area contributed by atoms with Crippen LogP contribution in [-0.4, -0.2) is 40.3 Å². The summed E-state index contributed by atoms with van der Waals surface area (Å²) in [5.74, 6) is -1.45. The van der Waals surface area contributed by atoms with E-state index >= 15 is 0 Å². The molecular formula is C15H24N2O3S. The minimum absolute atomic E-state index is 0.0393. The molecule has 1 aliphatic carbocycles. The number of barbiturate groups is 1. The fraction of sp³-hybridized carbons (Fsp3) is 0.800. The van der Waals surface area contributed by atoms with Crippen molar-refractivity contribution in [3.05, 3.63) is 0 Å². The topological polar surface area (TPSA) is 66.5 Å². The average Bonchev–Trinajstić information content (AvgIpc) is 2.49. The molecule has 21 heavy (non-hydrogen) atoms. The van der Waals surface area contributed by atoms with E-state index in [1.165, 1.54) is 11.3 Å². The minimum Gasteiger partial charge on any atom is -0.277 e. The van der Waals surface area contributed by atoms with Crippen LogP contribution in [0.3, 0.4) is 0 Å². The van der Waals surface area contributed by atoms with Gasteiger partial charge in [0, 0.05) is 11.3 Å². The molecule has 6 heteroatoms. The van der Waals surface area contributed by atoms with Gasteiger partial charge in [-0.3, -0.25) is 19.8 Å². The Kier molecular flexibility index (Phi) is 5.30. The van der Waals surface area contributed by atoms with Gasteiger partial charge >= 0.3 is 6.03 Å². The van der Waals surface area contributed by atoms with Crippen molar-refractivity contribution in [1.29, 1.82) is 0 Å². The standard InChI is InChI=1S/C15H24N2O3S/c1-3-7-11-12(18)16-14(20)17(13(11)19)10-15(21-2)8-5-4-6-9-15/h11H,3-10H2,1-2H3,(H,16,18,20). The Bertz CT molecular complexity index is 433. The summed E-state index contributed by atoms with van der Waals surface area (Å²) in [5, 5.41) is 2.34. The molecule has 5 nitrogen and oxygen atoms in total. The second-order valence-corrected chi connectivity index (χ2v) is 7.28. The number of carbonyl (C=O) groups excluding carboxylic acids is 3. The van der Waals surface area contributed by atoms with Gasteiger partial charge in [-0.1, -0.05) is 32.6 Å². The normalized spacial score (nSPS) is 25.9. The molecule has 2 aliphatic rings. The van der Waals surface area contributed by atoms with Crippen LogP contribution in [0.25, 0.3) is 0 Å². The molecule has 4 amide bonds. The van der Waals surface area contributed by atoms with E-state index in [4.69, 9.17) is 0 Å². The van der Waals surface area contributed by atoms with Crippen LogP contribution in [0.1, 0.15) is 51.9 Å². The maximum atomic E-state index is 12.5. The van der Waals surface area contributed by atoms with E-state index in [-0.39, 0.29) is 10.7 Å². The third-order valence-corrected chi connectivity index (χ3v) is 5.98.